The predicted octanol–water partition coefficient (Wildman–Crippen LogP) is 1.49. The minimum absolute atomic E-state index is 0.638. The SMILES string of the molecule is Cc1nnc(-c2ncccc2N)s1. The number of anilines is 1. The maximum atomic E-state index is 5.74. The number of nitrogen functional groups attached to an aromatic ring is 1. The third kappa shape index (κ3) is 1.50. The van der Waals surface area contributed by atoms with Crippen LogP contribution in [0.1, 0.15) is 5.01 Å². The number of rotatable bonds is 1. The van der Waals surface area contributed by atoms with Crippen LogP contribution in [-0.4, -0.2) is 15.2 Å². The minimum atomic E-state index is 0.638. The van der Waals surface area contributed by atoms with E-state index >= 15 is 0 Å². The Balaban J connectivity index is 2.52. The van der Waals surface area contributed by atoms with Gasteiger partial charge in [-0.1, -0.05) is 11.3 Å². The van der Waals surface area contributed by atoms with Crippen molar-refractivity contribution < 1.29 is 0 Å². The third-order valence-electron chi connectivity index (χ3n) is 1.57. The first-order valence-corrected chi connectivity index (χ1v) is 4.60. The molecule has 2 heterocycles. The summed E-state index contributed by atoms with van der Waals surface area (Å²) >= 11 is 1.49. The van der Waals surface area contributed by atoms with Crippen LogP contribution in [0.25, 0.3) is 10.7 Å². The Hall–Kier alpha value is -1.49. The molecule has 0 aromatic carbocycles. The summed E-state index contributed by atoms with van der Waals surface area (Å²) in [5.41, 5.74) is 7.09. The topological polar surface area (TPSA) is 64.7 Å². The molecule has 0 bridgehead atoms. The number of hydrogen-bond donors (Lipinski definition) is 1. The zero-order valence-corrected chi connectivity index (χ0v) is 7.88. The molecular weight excluding hydrogens is 184 g/mol. The van der Waals surface area contributed by atoms with Crippen LogP contribution in [0.2, 0.25) is 0 Å². The lowest BCUT2D eigenvalue weighted by Crippen LogP contribution is -1.91. The average molecular weight is 192 g/mol. The Bertz CT molecular complexity index is 424. The molecule has 0 aliphatic carbocycles. The maximum absolute atomic E-state index is 5.74. The van der Waals surface area contributed by atoms with Gasteiger partial charge in [0.05, 0.1) is 5.69 Å². The van der Waals surface area contributed by atoms with Crippen molar-refractivity contribution in [1.82, 2.24) is 15.2 Å². The van der Waals surface area contributed by atoms with E-state index in [1.165, 1.54) is 11.3 Å². The van der Waals surface area contributed by atoms with Gasteiger partial charge in [-0.05, 0) is 19.1 Å². The Labute approximate surface area is 79.5 Å². The van der Waals surface area contributed by atoms with Crippen LogP contribution >= 0.6 is 11.3 Å². The van der Waals surface area contributed by atoms with Gasteiger partial charge in [0.25, 0.3) is 0 Å². The average Bonchev–Trinajstić information content (AvgIpc) is 2.53. The molecule has 0 atom stereocenters. The molecule has 2 aromatic heterocycles. The summed E-state index contributed by atoms with van der Waals surface area (Å²) in [5.74, 6) is 0. The predicted molar refractivity (Wildman–Crippen MR) is 52.3 cm³/mol. The molecule has 0 saturated carbocycles. The fourth-order valence-electron chi connectivity index (χ4n) is 0.989. The summed E-state index contributed by atoms with van der Waals surface area (Å²) in [4.78, 5) is 4.14. The van der Waals surface area contributed by atoms with Gasteiger partial charge in [-0.3, -0.25) is 4.98 Å². The molecule has 0 unspecified atom stereocenters. The van der Waals surface area contributed by atoms with Gasteiger partial charge in [-0.15, -0.1) is 10.2 Å². The largest absolute Gasteiger partial charge is 0.397 e. The molecule has 66 valence electrons. The van der Waals surface area contributed by atoms with Gasteiger partial charge in [-0.2, -0.15) is 0 Å². The van der Waals surface area contributed by atoms with Crippen LogP contribution in [0, 0.1) is 6.92 Å². The van der Waals surface area contributed by atoms with Crippen LogP contribution in [0.3, 0.4) is 0 Å². The van der Waals surface area contributed by atoms with Gasteiger partial charge in [-0.25, -0.2) is 0 Å². The van der Waals surface area contributed by atoms with Gasteiger partial charge in [0.1, 0.15) is 10.7 Å². The number of aryl methyl sites for hydroxylation is 1. The molecule has 0 radical (unpaired) electrons. The van der Waals surface area contributed by atoms with Crippen molar-refractivity contribution in [3.8, 4) is 10.7 Å². The van der Waals surface area contributed by atoms with E-state index in [9.17, 15) is 0 Å². The summed E-state index contributed by atoms with van der Waals surface area (Å²) in [5, 5.41) is 9.57. The first-order valence-electron chi connectivity index (χ1n) is 3.78. The lowest BCUT2D eigenvalue weighted by atomic mass is 10.3. The molecule has 2 N–H and O–H groups in total. The number of nitrogens with zero attached hydrogens (tertiary/aromatic N) is 3. The lowest BCUT2D eigenvalue weighted by molar-refractivity contribution is 1.05. The van der Waals surface area contributed by atoms with E-state index < -0.39 is 0 Å². The molecule has 0 fully saturated rings. The first kappa shape index (κ1) is 8.12. The summed E-state index contributed by atoms with van der Waals surface area (Å²) in [6.07, 6.45) is 1.70. The van der Waals surface area contributed by atoms with Crippen molar-refractivity contribution >= 4 is 17.0 Å². The highest BCUT2D eigenvalue weighted by atomic mass is 32.1. The Kier molecular flexibility index (Phi) is 1.94. The van der Waals surface area contributed by atoms with Gasteiger partial charge >= 0.3 is 0 Å². The van der Waals surface area contributed by atoms with Crippen molar-refractivity contribution in [3.63, 3.8) is 0 Å². The second-order valence-electron chi connectivity index (χ2n) is 2.57. The zero-order chi connectivity index (χ0) is 9.26. The van der Waals surface area contributed by atoms with E-state index in [-0.39, 0.29) is 0 Å². The van der Waals surface area contributed by atoms with Crippen LogP contribution in [0.4, 0.5) is 5.69 Å². The van der Waals surface area contributed by atoms with Crippen molar-refractivity contribution in [2.24, 2.45) is 0 Å². The summed E-state index contributed by atoms with van der Waals surface area (Å²) < 4.78 is 0. The Morgan fingerprint density at radius 1 is 1.38 bits per heavy atom. The Morgan fingerprint density at radius 2 is 2.23 bits per heavy atom. The molecule has 4 nitrogen and oxygen atoms in total. The minimum Gasteiger partial charge on any atom is -0.397 e. The molecule has 0 saturated heterocycles. The number of nitrogens with two attached hydrogens (primary N) is 1. The van der Waals surface area contributed by atoms with Crippen LogP contribution in [-0.2, 0) is 0 Å². The maximum Gasteiger partial charge on any atom is 0.168 e. The highest BCUT2D eigenvalue weighted by molar-refractivity contribution is 7.14. The molecule has 0 amide bonds. The highest BCUT2D eigenvalue weighted by Crippen LogP contribution is 2.25. The van der Waals surface area contributed by atoms with E-state index in [1.807, 2.05) is 6.92 Å². The van der Waals surface area contributed by atoms with Crippen molar-refractivity contribution in [1.29, 1.82) is 0 Å². The molecule has 5 heteroatoms. The third-order valence-corrected chi connectivity index (χ3v) is 2.41. The summed E-state index contributed by atoms with van der Waals surface area (Å²) in [6, 6.07) is 3.60. The first-order chi connectivity index (χ1) is 6.27. The normalized spacial score (nSPS) is 10.2. The van der Waals surface area contributed by atoms with E-state index in [2.05, 4.69) is 15.2 Å². The molecule has 0 aliphatic heterocycles. The second-order valence-corrected chi connectivity index (χ2v) is 3.75. The lowest BCUT2D eigenvalue weighted by Gasteiger charge is -1.97. The number of pyridine rings is 1. The standard InChI is InChI=1S/C8H8N4S/c1-5-11-12-8(13-5)7-6(9)3-2-4-10-7/h2-4H,9H2,1H3. The smallest absolute Gasteiger partial charge is 0.168 e. The van der Waals surface area contributed by atoms with Crippen LogP contribution < -0.4 is 5.73 Å². The molecule has 2 rings (SSSR count). The van der Waals surface area contributed by atoms with Crippen LogP contribution in [0.15, 0.2) is 18.3 Å². The Morgan fingerprint density at radius 3 is 2.85 bits per heavy atom. The fraction of sp³-hybridized carbons (Fsp3) is 0.125. The van der Waals surface area contributed by atoms with E-state index in [1.54, 1.807) is 18.3 Å². The monoisotopic (exact) mass is 192 g/mol. The van der Waals surface area contributed by atoms with Gasteiger partial charge in [0, 0.05) is 6.20 Å². The molecule has 0 spiro atoms. The summed E-state index contributed by atoms with van der Waals surface area (Å²) in [6.45, 7) is 1.90. The van der Waals surface area contributed by atoms with E-state index in [4.69, 9.17) is 5.73 Å². The van der Waals surface area contributed by atoms with Crippen molar-refractivity contribution in [2.45, 2.75) is 6.92 Å². The van der Waals surface area contributed by atoms with Gasteiger partial charge in [0.2, 0.25) is 0 Å². The van der Waals surface area contributed by atoms with Gasteiger partial charge in [0.15, 0.2) is 5.01 Å². The molecular formula is C8H8N4S. The highest BCUT2D eigenvalue weighted by Gasteiger charge is 2.07. The molecule has 13 heavy (non-hydrogen) atoms. The van der Waals surface area contributed by atoms with Gasteiger partial charge < -0.3 is 5.73 Å². The second kappa shape index (κ2) is 3.10. The molecule has 0 aliphatic rings. The number of aromatic nitrogens is 3. The van der Waals surface area contributed by atoms with E-state index in [0.717, 1.165) is 10.0 Å². The zero-order valence-electron chi connectivity index (χ0n) is 7.06. The fourth-order valence-corrected chi connectivity index (χ4v) is 1.70. The number of hydrogen-bond acceptors (Lipinski definition) is 5. The summed E-state index contributed by atoms with van der Waals surface area (Å²) in [7, 11) is 0. The van der Waals surface area contributed by atoms with E-state index in [0.29, 0.717) is 11.4 Å². The van der Waals surface area contributed by atoms with Crippen LogP contribution in [0.5, 0.6) is 0 Å². The van der Waals surface area contributed by atoms with Crippen molar-refractivity contribution in [3.05, 3.63) is 23.3 Å². The quantitative estimate of drug-likeness (QED) is 0.743. The molecule has 2 aromatic rings. The van der Waals surface area contributed by atoms with Crippen molar-refractivity contribution in [2.75, 3.05) is 5.73 Å².